The molecule has 0 unspecified atom stereocenters. The number of sulfonamides is 1. The van der Waals surface area contributed by atoms with Crippen molar-refractivity contribution in [3.63, 3.8) is 0 Å². The molecule has 6 nitrogen and oxygen atoms in total. The Morgan fingerprint density at radius 2 is 1.95 bits per heavy atom. The first-order valence-corrected chi connectivity index (χ1v) is 8.43. The van der Waals surface area contributed by atoms with E-state index < -0.39 is 10.0 Å². The second-order valence-corrected chi connectivity index (χ2v) is 7.08. The van der Waals surface area contributed by atoms with Gasteiger partial charge in [0, 0.05) is 25.7 Å². The number of aryl methyl sites for hydroxylation is 3. The highest BCUT2D eigenvalue weighted by atomic mass is 35.5. The molecule has 116 valence electrons. The standard InChI is InChI=1S/C14H15ClN4O2S/c1-9-13(14(15)19(3)16-9)22(20,21)17-11-6-4-5-10-7-8-18(2)12(10)11/h4-8,17H,1-3H3. The molecule has 0 saturated heterocycles. The minimum atomic E-state index is -3.82. The van der Waals surface area contributed by atoms with Gasteiger partial charge in [0.25, 0.3) is 10.0 Å². The van der Waals surface area contributed by atoms with Gasteiger partial charge in [0.2, 0.25) is 0 Å². The molecule has 0 atom stereocenters. The fourth-order valence-electron chi connectivity index (χ4n) is 2.55. The Bertz CT molecular complexity index is 972. The normalized spacial score (nSPS) is 12.0. The third kappa shape index (κ3) is 2.26. The van der Waals surface area contributed by atoms with Gasteiger partial charge in [-0.15, -0.1) is 0 Å². The lowest BCUT2D eigenvalue weighted by Crippen LogP contribution is -2.14. The molecule has 1 aromatic carbocycles. The highest BCUT2D eigenvalue weighted by Crippen LogP contribution is 2.29. The minimum absolute atomic E-state index is 0.00267. The Morgan fingerprint density at radius 1 is 1.23 bits per heavy atom. The van der Waals surface area contributed by atoms with Crippen molar-refractivity contribution in [3.05, 3.63) is 41.3 Å². The maximum atomic E-state index is 12.7. The Hall–Kier alpha value is -1.99. The largest absolute Gasteiger partial charge is 0.349 e. The SMILES string of the molecule is Cc1nn(C)c(Cl)c1S(=O)(=O)Nc1cccc2ccn(C)c12. The number of para-hydroxylation sites is 1. The molecule has 0 bridgehead atoms. The van der Waals surface area contributed by atoms with E-state index in [4.69, 9.17) is 11.6 Å². The number of nitrogens with zero attached hydrogens (tertiary/aromatic N) is 3. The van der Waals surface area contributed by atoms with Gasteiger partial charge in [-0.25, -0.2) is 8.42 Å². The summed E-state index contributed by atoms with van der Waals surface area (Å²) in [6.45, 7) is 1.61. The second kappa shape index (κ2) is 5.03. The van der Waals surface area contributed by atoms with Crippen LogP contribution < -0.4 is 4.72 Å². The quantitative estimate of drug-likeness (QED) is 0.798. The van der Waals surface area contributed by atoms with E-state index in [0.29, 0.717) is 11.4 Å². The molecule has 2 heterocycles. The molecular weight excluding hydrogens is 324 g/mol. The number of rotatable bonds is 3. The fraction of sp³-hybridized carbons (Fsp3) is 0.214. The predicted molar refractivity (Wildman–Crippen MR) is 86.7 cm³/mol. The zero-order chi connectivity index (χ0) is 16.1. The summed E-state index contributed by atoms with van der Waals surface area (Å²) in [5.74, 6) is 0. The maximum Gasteiger partial charge on any atom is 0.266 e. The highest BCUT2D eigenvalue weighted by Gasteiger charge is 2.26. The van der Waals surface area contributed by atoms with E-state index >= 15 is 0 Å². The first kappa shape index (κ1) is 14.9. The van der Waals surface area contributed by atoms with Crippen molar-refractivity contribution in [1.29, 1.82) is 0 Å². The molecule has 0 amide bonds. The van der Waals surface area contributed by atoms with Gasteiger partial charge in [-0.3, -0.25) is 9.40 Å². The maximum absolute atomic E-state index is 12.7. The molecule has 3 rings (SSSR count). The minimum Gasteiger partial charge on any atom is -0.349 e. The summed E-state index contributed by atoms with van der Waals surface area (Å²) >= 11 is 6.07. The van der Waals surface area contributed by atoms with Crippen molar-refractivity contribution in [3.8, 4) is 0 Å². The first-order valence-electron chi connectivity index (χ1n) is 6.57. The lowest BCUT2D eigenvalue weighted by atomic mass is 10.2. The molecule has 22 heavy (non-hydrogen) atoms. The van der Waals surface area contributed by atoms with Crippen molar-refractivity contribution in [2.24, 2.45) is 14.1 Å². The smallest absolute Gasteiger partial charge is 0.266 e. The molecule has 8 heteroatoms. The van der Waals surface area contributed by atoms with Gasteiger partial charge >= 0.3 is 0 Å². The van der Waals surface area contributed by atoms with E-state index in [2.05, 4.69) is 9.82 Å². The van der Waals surface area contributed by atoms with Crippen LogP contribution in [0.5, 0.6) is 0 Å². The average Bonchev–Trinajstić information content (AvgIpc) is 2.92. The van der Waals surface area contributed by atoms with E-state index in [1.807, 2.05) is 29.9 Å². The summed E-state index contributed by atoms with van der Waals surface area (Å²) in [4.78, 5) is 0.00267. The second-order valence-electron chi connectivity index (χ2n) is 5.10. The van der Waals surface area contributed by atoms with Crippen LogP contribution >= 0.6 is 11.6 Å². The summed E-state index contributed by atoms with van der Waals surface area (Å²) in [7, 11) is -0.352. The topological polar surface area (TPSA) is 68.9 Å². The lowest BCUT2D eigenvalue weighted by Gasteiger charge is -2.10. The van der Waals surface area contributed by atoms with Crippen LogP contribution in [0.1, 0.15) is 5.69 Å². The third-order valence-electron chi connectivity index (χ3n) is 3.51. The van der Waals surface area contributed by atoms with Gasteiger partial charge in [0.1, 0.15) is 10.0 Å². The van der Waals surface area contributed by atoms with Crippen molar-refractivity contribution < 1.29 is 8.42 Å². The van der Waals surface area contributed by atoms with Gasteiger partial charge in [0.15, 0.2) is 0 Å². The Labute approximate surface area is 133 Å². The fourth-order valence-corrected chi connectivity index (χ4v) is 4.37. The molecule has 3 aromatic rings. The molecule has 0 fully saturated rings. The van der Waals surface area contributed by atoms with Crippen LogP contribution in [0.2, 0.25) is 5.15 Å². The van der Waals surface area contributed by atoms with Gasteiger partial charge in [-0.2, -0.15) is 5.10 Å². The van der Waals surface area contributed by atoms with Crippen LogP contribution in [0.25, 0.3) is 10.9 Å². The summed E-state index contributed by atoms with van der Waals surface area (Å²) in [6, 6.07) is 7.38. The van der Waals surface area contributed by atoms with Crippen molar-refractivity contribution in [1.82, 2.24) is 14.3 Å². The van der Waals surface area contributed by atoms with Crippen LogP contribution in [-0.2, 0) is 24.1 Å². The molecule has 1 N–H and O–H groups in total. The molecular formula is C14H15ClN4O2S. The molecule has 0 radical (unpaired) electrons. The average molecular weight is 339 g/mol. The van der Waals surface area contributed by atoms with E-state index in [1.165, 1.54) is 4.68 Å². The number of fused-ring (bicyclic) bond motifs is 1. The number of hydrogen-bond donors (Lipinski definition) is 1. The number of aromatic nitrogens is 3. The molecule has 0 aliphatic rings. The number of nitrogens with one attached hydrogen (secondary N) is 1. The molecule has 0 aliphatic heterocycles. The zero-order valence-electron chi connectivity index (χ0n) is 12.3. The molecule has 0 aliphatic carbocycles. The molecule has 0 spiro atoms. The molecule has 0 saturated carbocycles. The zero-order valence-corrected chi connectivity index (χ0v) is 13.9. The van der Waals surface area contributed by atoms with Gasteiger partial charge in [-0.1, -0.05) is 23.7 Å². The molecule has 2 aromatic heterocycles. The Morgan fingerprint density at radius 3 is 2.59 bits per heavy atom. The third-order valence-corrected chi connectivity index (χ3v) is 5.57. The van der Waals surface area contributed by atoms with Crippen LogP contribution in [0.15, 0.2) is 35.4 Å². The monoisotopic (exact) mass is 338 g/mol. The summed E-state index contributed by atoms with van der Waals surface area (Å²) < 4.78 is 31.2. The van der Waals surface area contributed by atoms with Crippen molar-refractivity contribution in [2.75, 3.05) is 4.72 Å². The number of benzene rings is 1. The number of anilines is 1. The number of halogens is 1. The summed E-state index contributed by atoms with van der Waals surface area (Å²) in [5, 5.41) is 5.09. The predicted octanol–water partition coefficient (Wildman–Crippen LogP) is 2.67. The van der Waals surface area contributed by atoms with Crippen molar-refractivity contribution in [2.45, 2.75) is 11.8 Å². The van der Waals surface area contributed by atoms with Gasteiger partial charge in [-0.05, 0) is 19.1 Å². The van der Waals surface area contributed by atoms with E-state index in [-0.39, 0.29) is 10.0 Å². The van der Waals surface area contributed by atoms with Gasteiger partial charge in [0.05, 0.1) is 16.9 Å². The highest BCUT2D eigenvalue weighted by molar-refractivity contribution is 7.93. The van der Waals surface area contributed by atoms with Crippen molar-refractivity contribution >= 4 is 38.2 Å². The van der Waals surface area contributed by atoms with E-state index in [9.17, 15) is 8.42 Å². The number of hydrogen-bond acceptors (Lipinski definition) is 3. The van der Waals surface area contributed by atoms with E-state index in [1.54, 1.807) is 26.1 Å². The van der Waals surface area contributed by atoms with Crippen LogP contribution in [0, 0.1) is 6.92 Å². The van der Waals surface area contributed by atoms with Crippen LogP contribution in [0.3, 0.4) is 0 Å². The first-order chi connectivity index (χ1) is 10.3. The summed E-state index contributed by atoms with van der Waals surface area (Å²) in [6.07, 6.45) is 1.88. The van der Waals surface area contributed by atoms with Crippen LogP contribution in [0.4, 0.5) is 5.69 Å². The Balaban J connectivity index is 2.13. The lowest BCUT2D eigenvalue weighted by molar-refractivity contribution is 0.600. The van der Waals surface area contributed by atoms with Crippen LogP contribution in [-0.4, -0.2) is 22.8 Å². The summed E-state index contributed by atoms with van der Waals surface area (Å²) in [5.41, 5.74) is 1.67. The van der Waals surface area contributed by atoms with Gasteiger partial charge < -0.3 is 4.57 Å². The Kier molecular flexibility index (Phi) is 3.41. The van der Waals surface area contributed by atoms with E-state index in [0.717, 1.165) is 10.9 Å².